The van der Waals surface area contributed by atoms with Crippen LogP contribution in [0.3, 0.4) is 0 Å². The molecule has 0 radical (unpaired) electrons. The van der Waals surface area contributed by atoms with Crippen LogP contribution in [-0.2, 0) is 14.9 Å². The van der Waals surface area contributed by atoms with Crippen molar-refractivity contribution in [1.29, 1.82) is 0 Å². The minimum Gasteiger partial charge on any atom is -0.391 e. The van der Waals surface area contributed by atoms with Gasteiger partial charge in [-0.25, -0.2) is 0 Å². The van der Waals surface area contributed by atoms with Crippen molar-refractivity contribution < 1.29 is 22.9 Å². The third kappa shape index (κ3) is 22.9. The van der Waals surface area contributed by atoms with E-state index in [4.69, 9.17) is 0 Å². The summed E-state index contributed by atoms with van der Waals surface area (Å²) in [6.45, 7) is 4.38. The summed E-state index contributed by atoms with van der Waals surface area (Å²) < 4.78 is 31.9. The first kappa shape index (κ1) is 33.1. The molecule has 202 valence electrons. The van der Waals surface area contributed by atoms with Gasteiger partial charge in [-0.1, -0.05) is 103 Å². The molecule has 0 aliphatic heterocycles. The first-order chi connectivity index (χ1) is 16.3. The van der Waals surface area contributed by atoms with Gasteiger partial charge >= 0.3 is 0 Å². The Morgan fingerprint density at radius 1 is 0.765 bits per heavy atom. The van der Waals surface area contributed by atoms with E-state index in [9.17, 15) is 22.9 Å². The Morgan fingerprint density at radius 3 is 1.79 bits per heavy atom. The van der Waals surface area contributed by atoms with Crippen molar-refractivity contribution in [3.8, 4) is 0 Å². The number of carbonyl (C=O) groups is 1. The van der Waals surface area contributed by atoms with Crippen molar-refractivity contribution >= 4 is 16.0 Å². The van der Waals surface area contributed by atoms with Gasteiger partial charge in [-0.15, -0.1) is 0 Å². The van der Waals surface area contributed by atoms with Crippen LogP contribution in [0.15, 0.2) is 12.2 Å². The summed E-state index contributed by atoms with van der Waals surface area (Å²) >= 11 is 0. The van der Waals surface area contributed by atoms with E-state index in [1.54, 1.807) is 0 Å². The molecule has 0 aromatic heterocycles. The highest BCUT2D eigenvalue weighted by atomic mass is 32.2. The van der Waals surface area contributed by atoms with Crippen molar-refractivity contribution in [3.63, 3.8) is 0 Å². The normalized spacial score (nSPS) is 13.9. The Kier molecular flexibility index (Phi) is 21.9. The molecule has 2 unspecified atom stereocenters. The van der Waals surface area contributed by atoms with E-state index in [1.807, 2.05) is 0 Å². The maximum Gasteiger partial charge on any atom is 0.266 e. The number of unbranched alkanes of at least 4 members (excludes halogenated alkanes) is 14. The van der Waals surface area contributed by atoms with E-state index in [1.165, 1.54) is 51.4 Å². The number of hydrogen-bond donors (Lipinski definition) is 3. The Labute approximate surface area is 210 Å². The van der Waals surface area contributed by atoms with Crippen LogP contribution in [0.2, 0.25) is 0 Å². The fourth-order valence-electron chi connectivity index (χ4n) is 4.09. The molecule has 6 nitrogen and oxygen atoms in total. The maximum atomic E-state index is 12.3. The largest absolute Gasteiger partial charge is 0.391 e. The zero-order valence-electron chi connectivity index (χ0n) is 22.0. The van der Waals surface area contributed by atoms with Crippen molar-refractivity contribution in [2.45, 2.75) is 148 Å². The first-order valence-electron chi connectivity index (χ1n) is 13.9. The quantitative estimate of drug-likeness (QED) is 0.0770. The molecule has 0 spiro atoms. The standard InChI is InChI=1S/C27H53NO5S/c1-3-5-7-9-11-12-13-14-15-16-17-19-21-23-27(30)28-25(24-34(31,32)33)26(29)22-20-18-10-8-6-4-2/h12-13,25-26,29H,3-11,14-24H2,1-2H3,(H,28,30)(H,31,32,33)/b13-12-. The summed E-state index contributed by atoms with van der Waals surface area (Å²) in [5.74, 6) is -0.913. The zero-order chi connectivity index (χ0) is 25.5. The van der Waals surface area contributed by atoms with Crippen LogP contribution in [0.5, 0.6) is 0 Å². The predicted molar refractivity (Wildman–Crippen MR) is 143 cm³/mol. The molecule has 0 aromatic carbocycles. The van der Waals surface area contributed by atoms with E-state index >= 15 is 0 Å². The number of aliphatic hydroxyl groups is 1. The molecule has 0 saturated carbocycles. The summed E-state index contributed by atoms with van der Waals surface area (Å²) in [5, 5.41) is 13.1. The number of nitrogens with one attached hydrogen (secondary N) is 1. The molecule has 0 heterocycles. The second kappa shape index (κ2) is 22.5. The van der Waals surface area contributed by atoms with Gasteiger partial charge in [-0.2, -0.15) is 8.42 Å². The van der Waals surface area contributed by atoms with Gasteiger partial charge in [-0.3, -0.25) is 9.35 Å². The van der Waals surface area contributed by atoms with Crippen LogP contribution in [-0.4, -0.2) is 41.9 Å². The molecular weight excluding hydrogens is 450 g/mol. The van der Waals surface area contributed by atoms with Gasteiger partial charge < -0.3 is 10.4 Å². The van der Waals surface area contributed by atoms with Gasteiger partial charge in [0.1, 0.15) is 0 Å². The molecule has 0 rings (SSSR count). The summed E-state index contributed by atoms with van der Waals surface area (Å²) in [5.41, 5.74) is 0. The number of rotatable bonds is 24. The molecule has 7 heteroatoms. The fourth-order valence-corrected chi connectivity index (χ4v) is 4.85. The maximum absolute atomic E-state index is 12.3. The van der Waals surface area contributed by atoms with Crippen LogP contribution in [0.25, 0.3) is 0 Å². The number of carbonyl (C=O) groups excluding carboxylic acids is 1. The molecule has 0 bridgehead atoms. The number of hydrogen-bond acceptors (Lipinski definition) is 4. The van der Waals surface area contributed by atoms with Crippen LogP contribution in [0.1, 0.15) is 136 Å². The molecule has 3 N–H and O–H groups in total. The Hall–Kier alpha value is -0.920. The Morgan fingerprint density at radius 2 is 1.24 bits per heavy atom. The van der Waals surface area contributed by atoms with Gasteiger partial charge in [0, 0.05) is 6.42 Å². The highest BCUT2D eigenvalue weighted by Crippen LogP contribution is 2.13. The second-order valence-corrected chi connectivity index (χ2v) is 11.2. The van der Waals surface area contributed by atoms with Crippen LogP contribution in [0, 0.1) is 0 Å². The first-order valence-corrected chi connectivity index (χ1v) is 15.5. The third-order valence-corrected chi connectivity index (χ3v) is 7.00. The van der Waals surface area contributed by atoms with Crippen molar-refractivity contribution in [1.82, 2.24) is 5.32 Å². The van der Waals surface area contributed by atoms with Gasteiger partial charge in [0.05, 0.1) is 17.9 Å². The zero-order valence-corrected chi connectivity index (χ0v) is 22.8. The molecule has 0 aromatic rings. The molecule has 0 fully saturated rings. The average molecular weight is 504 g/mol. The highest BCUT2D eigenvalue weighted by molar-refractivity contribution is 7.85. The van der Waals surface area contributed by atoms with Crippen molar-refractivity contribution in [3.05, 3.63) is 12.2 Å². The lowest BCUT2D eigenvalue weighted by molar-refractivity contribution is -0.122. The summed E-state index contributed by atoms with van der Waals surface area (Å²) in [4.78, 5) is 12.3. The minimum atomic E-state index is -4.29. The summed E-state index contributed by atoms with van der Waals surface area (Å²) in [6, 6.07) is -0.966. The fraction of sp³-hybridized carbons (Fsp3) is 0.889. The third-order valence-electron chi connectivity index (χ3n) is 6.22. The van der Waals surface area contributed by atoms with Crippen molar-refractivity contribution in [2.24, 2.45) is 0 Å². The minimum absolute atomic E-state index is 0.262. The smallest absolute Gasteiger partial charge is 0.266 e. The lowest BCUT2D eigenvalue weighted by atomic mass is 10.0. The highest BCUT2D eigenvalue weighted by Gasteiger charge is 2.25. The molecule has 0 aliphatic rings. The number of aliphatic hydroxyl groups excluding tert-OH is 1. The van der Waals surface area contributed by atoms with E-state index in [0.29, 0.717) is 12.8 Å². The Balaban J connectivity index is 4.02. The molecular formula is C27H53NO5S. The molecule has 1 amide bonds. The molecule has 34 heavy (non-hydrogen) atoms. The monoisotopic (exact) mass is 503 g/mol. The average Bonchev–Trinajstić information content (AvgIpc) is 2.77. The van der Waals surface area contributed by atoms with E-state index < -0.39 is 28.0 Å². The van der Waals surface area contributed by atoms with Gasteiger partial charge in [0.2, 0.25) is 5.91 Å². The second-order valence-electron chi connectivity index (χ2n) is 9.67. The van der Waals surface area contributed by atoms with Crippen LogP contribution >= 0.6 is 0 Å². The molecule has 0 saturated heterocycles. The molecule has 2 atom stereocenters. The van der Waals surface area contributed by atoms with Crippen molar-refractivity contribution in [2.75, 3.05) is 5.75 Å². The number of amides is 1. The van der Waals surface area contributed by atoms with E-state index in [-0.39, 0.29) is 5.91 Å². The Bertz CT molecular complexity index is 606. The van der Waals surface area contributed by atoms with E-state index in [0.717, 1.165) is 57.8 Å². The van der Waals surface area contributed by atoms with Gasteiger partial charge in [0.25, 0.3) is 10.1 Å². The lowest BCUT2D eigenvalue weighted by Gasteiger charge is -2.23. The summed E-state index contributed by atoms with van der Waals surface area (Å²) in [7, 11) is -4.29. The topological polar surface area (TPSA) is 104 Å². The van der Waals surface area contributed by atoms with Crippen LogP contribution < -0.4 is 5.32 Å². The van der Waals surface area contributed by atoms with E-state index in [2.05, 4.69) is 31.3 Å². The van der Waals surface area contributed by atoms with Gasteiger partial charge in [0.15, 0.2) is 0 Å². The summed E-state index contributed by atoms with van der Waals surface area (Å²) in [6.07, 6.45) is 23.3. The van der Waals surface area contributed by atoms with Crippen LogP contribution in [0.4, 0.5) is 0 Å². The molecule has 0 aliphatic carbocycles. The number of allylic oxidation sites excluding steroid dienone is 2. The predicted octanol–water partition coefficient (Wildman–Crippen LogP) is 6.73. The lowest BCUT2D eigenvalue weighted by Crippen LogP contribution is -2.47. The van der Waals surface area contributed by atoms with Gasteiger partial charge in [-0.05, 0) is 38.5 Å². The SMILES string of the molecule is CCCCCC/C=C\CCCCCCCC(=O)NC(CS(=O)(=O)O)C(O)CCCCCCCC.